The van der Waals surface area contributed by atoms with Crippen LogP contribution in [0.2, 0.25) is 0 Å². The molecular weight excluding hydrogens is 180 g/mol. The van der Waals surface area contributed by atoms with Gasteiger partial charge < -0.3 is 0 Å². The van der Waals surface area contributed by atoms with Crippen molar-refractivity contribution in [2.75, 3.05) is 0 Å². The van der Waals surface area contributed by atoms with Crippen molar-refractivity contribution in [1.29, 1.82) is 0 Å². The lowest BCUT2D eigenvalue weighted by atomic mass is 10.1. The second kappa shape index (κ2) is 3.47. The van der Waals surface area contributed by atoms with Gasteiger partial charge in [-0.2, -0.15) is 0 Å². The van der Waals surface area contributed by atoms with E-state index in [1.54, 1.807) is 0 Å². The number of hydrogen-bond donors (Lipinski definition) is 0. The molecule has 1 rings (SSSR count). The Hall–Kier alpha value is -1.52. The molecule has 3 nitrogen and oxygen atoms in total. The van der Waals surface area contributed by atoms with Gasteiger partial charge in [-0.25, -0.2) is 8.78 Å². The molecule has 0 aliphatic rings. The fourth-order valence-corrected chi connectivity index (χ4v) is 0.884. The van der Waals surface area contributed by atoms with Crippen molar-refractivity contribution in [2.24, 2.45) is 0 Å². The van der Waals surface area contributed by atoms with E-state index in [2.05, 4.69) is 6.92 Å². The summed E-state index contributed by atoms with van der Waals surface area (Å²) in [5.41, 5.74) is -0.343. The van der Waals surface area contributed by atoms with Crippen LogP contribution in [0.3, 0.4) is 0 Å². The number of nitrogens with zero attached hydrogens (tertiary/aromatic N) is 1. The van der Waals surface area contributed by atoms with Gasteiger partial charge >= 0.3 is 0 Å². The van der Waals surface area contributed by atoms with Crippen molar-refractivity contribution in [1.82, 2.24) is 0 Å². The molecule has 1 unspecified atom stereocenters. The van der Waals surface area contributed by atoms with Crippen molar-refractivity contribution < 1.29 is 13.7 Å². The maximum absolute atomic E-state index is 12.9. The van der Waals surface area contributed by atoms with E-state index in [0.717, 1.165) is 18.2 Å². The average Bonchev–Trinajstić information content (AvgIpc) is 2.08. The summed E-state index contributed by atoms with van der Waals surface area (Å²) in [6, 6.07) is 1.03. The van der Waals surface area contributed by atoms with Gasteiger partial charge in [0.15, 0.2) is 0 Å². The molecule has 13 heavy (non-hydrogen) atoms. The van der Waals surface area contributed by atoms with E-state index in [1.165, 1.54) is 0 Å². The van der Waals surface area contributed by atoms with Gasteiger partial charge in [-0.3, -0.25) is 10.1 Å². The number of nitro groups is 1. The first-order chi connectivity index (χ1) is 6.02. The molecule has 0 amide bonds. The molecule has 1 atom stereocenters. The van der Waals surface area contributed by atoms with E-state index in [-0.39, 0.29) is 5.56 Å². The fourth-order valence-electron chi connectivity index (χ4n) is 0.884. The van der Waals surface area contributed by atoms with Gasteiger partial charge in [0.1, 0.15) is 11.6 Å². The highest BCUT2D eigenvalue weighted by molar-refractivity contribution is 5.21. The van der Waals surface area contributed by atoms with Crippen molar-refractivity contribution in [3.05, 3.63) is 52.4 Å². The highest BCUT2D eigenvalue weighted by Gasteiger charge is 2.20. The summed E-state index contributed by atoms with van der Waals surface area (Å²) in [4.78, 5) is 9.44. The normalized spacial score (nSPS) is 12.5. The lowest BCUT2D eigenvalue weighted by Crippen LogP contribution is -2.08. The van der Waals surface area contributed by atoms with Crippen molar-refractivity contribution in [3.63, 3.8) is 0 Å². The molecular formula is C8H6F2NO2. The summed E-state index contributed by atoms with van der Waals surface area (Å²) in [7, 11) is 0. The summed E-state index contributed by atoms with van der Waals surface area (Å²) in [5.74, 6) is -1.54. The van der Waals surface area contributed by atoms with Gasteiger partial charge in [0.2, 0.25) is 6.04 Å². The van der Waals surface area contributed by atoms with Crippen LogP contribution in [-0.2, 0) is 0 Å². The van der Waals surface area contributed by atoms with Crippen LogP contribution in [0, 0.1) is 28.7 Å². The molecule has 0 fully saturated rings. The Morgan fingerprint density at radius 2 is 2.08 bits per heavy atom. The van der Waals surface area contributed by atoms with E-state index in [9.17, 15) is 18.9 Å². The van der Waals surface area contributed by atoms with E-state index >= 15 is 0 Å². The molecule has 0 aliphatic carbocycles. The maximum Gasteiger partial charge on any atom is 0.241 e. The molecule has 0 N–H and O–H groups in total. The second-order valence-corrected chi connectivity index (χ2v) is 2.47. The van der Waals surface area contributed by atoms with Gasteiger partial charge in [-0.15, -0.1) is 0 Å². The molecule has 5 heteroatoms. The minimum absolute atomic E-state index is 0.343. The molecule has 1 aromatic carbocycles. The van der Waals surface area contributed by atoms with Gasteiger partial charge in [0.05, 0.1) is 5.56 Å². The minimum atomic E-state index is -1.48. The predicted molar refractivity (Wildman–Crippen MR) is 41.5 cm³/mol. The third kappa shape index (κ3) is 1.99. The summed E-state index contributed by atoms with van der Waals surface area (Å²) < 4.78 is 25.4. The van der Waals surface area contributed by atoms with Crippen molar-refractivity contribution in [2.45, 2.75) is 6.04 Å². The zero-order chi connectivity index (χ0) is 10.0. The largest absolute Gasteiger partial charge is 0.264 e. The molecule has 0 saturated heterocycles. The van der Waals surface area contributed by atoms with E-state index in [0.29, 0.717) is 0 Å². The summed E-state index contributed by atoms with van der Waals surface area (Å²) in [6.45, 7) is 3.10. The van der Waals surface area contributed by atoms with Crippen LogP contribution in [-0.4, -0.2) is 4.92 Å². The number of halogens is 2. The minimum Gasteiger partial charge on any atom is -0.264 e. The Morgan fingerprint density at radius 1 is 1.46 bits per heavy atom. The summed E-state index contributed by atoms with van der Waals surface area (Å²) in [5, 5.41) is 10.2. The lowest BCUT2D eigenvalue weighted by Gasteiger charge is -2.04. The second-order valence-electron chi connectivity index (χ2n) is 2.47. The molecule has 0 aromatic heterocycles. The van der Waals surface area contributed by atoms with Gasteiger partial charge in [-0.1, -0.05) is 0 Å². The van der Waals surface area contributed by atoms with Crippen LogP contribution in [0.25, 0.3) is 0 Å². The van der Waals surface area contributed by atoms with E-state index < -0.39 is 22.6 Å². The average molecular weight is 186 g/mol. The van der Waals surface area contributed by atoms with Crippen LogP contribution >= 0.6 is 0 Å². The lowest BCUT2D eigenvalue weighted by molar-refractivity contribution is -0.516. The molecule has 0 spiro atoms. The van der Waals surface area contributed by atoms with E-state index in [1.807, 2.05) is 0 Å². The molecule has 69 valence electrons. The van der Waals surface area contributed by atoms with Crippen LogP contribution < -0.4 is 0 Å². The molecule has 1 aromatic rings. The SMILES string of the molecule is [CH2]C(c1cc(F)ccc1F)[N+](=O)[O-]. The molecule has 0 saturated carbocycles. The Balaban J connectivity index is 3.12. The Morgan fingerprint density at radius 3 is 2.62 bits per heavy atom. The third-order valence-electron chi connectivity index (χ3n) is 1.57. The van der Waals surface area contributed by atoms with Crippen LogP contribution in [0.5, 0.6) is 0 Å². The number of benzene rings is 1. The first-order valence-corrected chi connectivity index (χ1v) is 3.44. The van der Waals surface area contributed by atoms with E-state index in [4.69, 9.17) is 0 Å². The predicted octanol–water partition coefficient (Wildman–Crippen LogP) is 2.12. The number of rotatable bonds is 2. The summed E-state index contributed by atoms with van der Waals surface area (Å²) in [6.07, 6.45) is 0. The zero-order valence-corrected chi connectivity index (χ0v) is 6.54. The topological polar surface area (TPSA) is 43.1 Å². The van der Waals surface area contributed by atoms with Crippen molar-refractivity contribution in [3.8, 4) is 0 Å². The van der Waals surface area contributed by atoms with Crippen molar-refractivity contribution >= 4 is 0 Å². The first-order valence-electron chi connectivity index (χ1n) is 3.44. The molecule has 1 radical (unpaired) electrons. The highest BCUT2D eigenvalue weighted by Crippen LogP contribution is 2.19. The first kappa shape index (κ1) is 9.57. The van der Waals surface area contributed by atoms with Gasteiger partial charge in [0.25, 0.3) is 0 Å². The number of hydrogen-bond acceptors (Lipinski definition) is 2. The molecule has 0 heterocycles. The smallest absolute Gasteiger partial charge is 0.241 e. The highest BCUT2D eigenvalue weighted by atomic mass is 19.1. The fraction of sp³-hybridized carbons (Fsp3) is 0.125. The third-order valence-corrected chi connectivity index (χ3v) is 1.57. The quantitative estimate of drug-likeness (QED) is 0.524. The molecule has 0 bridgehead atoms. The van der Waals surface area contributed by atoms with Crippen LogP contribution in [0.4, 0.5) is 8.78 Å². The Kier molecular flexibility index (Phi) is 2.55. The Labute approximate surface area is 73.1 Å². The van der Waals surface area contributed by atoms with Gasteiger partial charge in [-0.05, 0) is 18.2 Å². The Bertz CT molecular complexity index is 341. The standard InChI is InChI=1S/C8H6F2NO2/c1-5(11(12)13)7-4-6(9)2-3-8(7)10/h2-5H,1H2. The zero-order valence-electron chi connectivity index (χ0n) is 6.54. The maximum atomic E-state index is 12.9. The van der Waals surface area contributed by atoms with Crippen LogP contribution in [0.15, 0.2) is 18.2 Å². The van der Waals surface area contributed by atoms with Crippen LogP contribution in [0.1, 0.15) is 11.6 Å². The summed E-state index contributed by atoms with van der Waals surface area (Å²) >= 11 is 0. The molecule has 0 aliphatic heterocycles. The monoisotopic (exact) mass is 186 g/mol. The van der Waals surface area contributed by atoms with Gasteiger partial charge in [0, 0.05) is 11.8 Å².